The second-order valence-corrected chi connectivity index (χ2v) is 4.49. The highest BCUT2D eigenvalue weighted by atomic mass is 31.1. The molecule has 1 heterocycles. The Kier molecular flexibility index (Phi) is 3.44. The Morgan fingerprint density at radius 2 is 1.56 bits per heavy atom. The molecule has 1 aliphatic heterocycles. The molecular formula is C7H11P2. The van der Waals surface area contributed by atoms with Gasteiger partial charge in [0.15, 0.2) is 0 Å². The molecule has 1 aliphatic rings. The average molecular weight is 157 g/mol. The summed E-state index contributed by atoms with van der Waals surface area (Å²) in [5, 5.41) is 0. The standard InChI is InChI=1S/C7H11P2/c1-3-6-7(4-2)9-5-8-6/h5H,3-4H2,1-2H3. The van der Waals surface area contributed by atoms with Crippen LogP contribution in [0.25, 0.3) is 0 Å². The van der Waals surface area contributed by atoms with E-state index >= 15 is 0 Å². The number of rotatable bonds is 2. The molecule has 0 aromatic rings. The molecule has 0 bridgehead atoms. The Labute approximate surface area is 61.8 Å². The van der Waals surface area contributed by atoms with Gasteiger partial charge in [0.25, 0.3) is 0 Å². The summed E-state index contributed by atoms with van der Waals surface area (Å²) in [5.74, 6) is 2.33. The van der Waals surface area contributed by atoms with Gasteiger partial charge in [-0.15, -0.1) is 0 Å². The van der Waals surface area contributed by atoms with Gasteiger partial charge < -0.3 is 0 Å². The molecule has 0 nitrogen and oxygen atoms in total. The van der Waals surface area contributed by atoms with Gasteiger partial charge >= 0.3 is 0 Å². The van der Waals surface area contributed by atoms with E-state index in [1.165, 1.54) is 30.0 Å². The maximum absolute atomic E-state index is 2.33. The van der Waals surface area contributed by atoms with Gasteiger partial charge in [-0.2, -0.15) is 0 Å². The highest BCUT2D eigenvalue weighted by Crippen LogP contribution is 2.61. The van der Waals surface area contributed by atoms with Crippen LogP contribution in [0.5, 0.6) is 0 Å². The SMILES string of the molecule is CC[C]1[P][CH][P][C]1CC. The lowest BCUT2D eigenvalue weighted by Crippen LogP contribution is -1.91. The molecule has 49 valence electrons. The fourth-order valence-electron chi connectivity index (χ4n) is 0.908. The number of hydrogen-bond donors (Lipinski definition) is 0. The first-order valence-corrected chi connectivity index (χ1v) is 5.26. The van der Waals surface area contributed by atoms with Crippen LogP contribution in [0.4, 0.5) is 0 Å². The molecule has 0 unspecified atom stereocenters. The summed E-state index contributed by atoms with van der Waals surface area (Å²) in [5.41, 5.74) is 3.30. The van der Waals surface area contributed by atoms with Crippen LogP contribution in [0.1, 0.15) is 26.7 Å². The smallest absolute Gasteiger partial charge is 0.0197 e. The monoisotopic (exact) mass is 157 g/mol. The minimum Gasteiger partial charge on any atom is -0.0644 e. The Morgan fingerprint density at radius 3 is 1.89 bits per heavy atom. The molecule has 0 aromatic carbocycles. The molecule has 1 fully saturated rings. The predicted molar refractivity (Wildman–Crippen MR) is 45.2 cm³/mol. The van der Waals surface area contributed by atoms with Gasteiger partial charge in [0, 0.05) is 17.2 Å². The maximum Gasteiger partial charge on any atom is 0.0197 e. The van der Waals surface area contributed by atoms with E-state index in [9.17, 15) is 0 Å². The van der Waals surface area contributed by atoms with Crippen molar-refractivity contribution in [2.75, 3.05) is 0 Å². The van der Waals surface area contributed by atoms with Crippen LogP contribution in [-0.4, -0.2) is 0 Å². The molecule has 1 rings (SSSR count). The topological polar surface area (TPSA) is 0 Å². The fraction of sp³-hybridized carbons (Fsp3) is 0.571. The molecule has 0 aromatic heterocycles. The molecule has 0 N–H and O–H groups in total. The minimum absolute atomic E-state index is 1.24. The largest absolute Gasteiger partial charge is 0.0644 e. The van der Waals surface area contributed by atoms with Crippen LogP contribution in [0, 0.1) is 17.2 Å². The van der Waals surface area contributed by atoms with Crippen LogP contribution in [0.2, 0.25) is 0 Å². The molecule has 5 radical (unpaired) electrons. The lowest BCUT2D eigenvalue weighted by atomic mass is 10.2. The van der Waals surface area contributed by atoms with Crippen molar-refractivity contribution in [1.82, 2.24) is 0 Å². The summed E-state index contributed by atoms with van der Waals surface area (Å²) in [7, 11) is 2.95. The van der Waals surface area contributed by atoms with Gasteiger partial charge in [0.1, 0.15) is 0 Å². The quantitative estimate of drug-likeness (QED) is 0.533. The van der Waals surface area contributed by atoms with Crippen molar-refractivity contribution in [3.8, 4) is 0 Å². The van der Waals surface area contributed by atoms with Crippen molar-refractivity contribution in [1.29, 1.82) is 0 Å². The van der Waals surface area contributed by atoms with Gasteiger partial charge in [-0.1, -0.05) is 31.0 Å². The summed E-state index contributed by atoms with van der Waals surface area (Å²) in [6.45, 7) is 4.49. The third-order valence-electron chi connectivity index (χ3n) is 1.43. The molecule has 1 saturated heterocycles. The Morgan fingerprint density at radius 1 is 1.11 bits per heavy atom. The van der Waals surface area contributed by atoms with Crippen molar-refractivity contribution >= 4 is 17.2 Å². The van der Waals surface area contributed by atoms with Gasteiger partial charge in [0.05, 0.1) is 0 Å². The van der Waals surface area contributed by atoms with E-state index in [1.807, 2.05) is 0 Å². The van der Waals surface area contributed by atoms with Crippen molar-refractivity contribution in [3.63, 3.8) is 0 Å². The lowest BCUT2D eigenvalue weighted by molar-refractivity contribution is 0.960. The van der Waals surface area contributed by atoms with E-state index in [-0.39, 0.29) is 0 Å². The van der Waals surface area contributed by atoms with Crippen molar-refractivity contribution in [3.05, 3.63) is 17.2 Å². The zero-order chi connectivity index (χ0) is 6.69. The molecule has 0 aliphatic carbocycles. The zero-order valence-electron chi connectivity index (χ0n) is 5.89. The summed E-state index contributed by atoms with van der Waals surface area (Å²) >= 11 is 0. The van der Waals surface area contributed by atoms with E-state index < -0.39 is 0 Å². The third kappa shape index (κ3) is 1.89. The number of hydrogen-bond acceptors (Lipinski definition) is 0. The normalized spacial score (nSPS) is 28.7. The Hall–Kier alpha value is 0.860. The average Bonchev–Trinajstić information content (AvgIpc) is 2.33. The van der Waals surface area contributed by atoms with Crippen molar-refractivity contribution in [2.45, 2.75) is 26.7 Å². The Balaban J connectivity index is 2.32. The van der Waals surface area contributed by atoms with E-state index in [0.29, 0.717) is 0 Å². The predicted octanol–water partition coefficient (Wildman–Crippen LogP) is 3.90. The van der Waals surface area contributed by atoms with E-state index in [1.54, 1.807) is 11.3 Å². The molecule has 0 atom stereocenters. The Bertz CT molecular complexity index is 73.0. The first-order valence-electron chi connectivity index (χ1n) is 3.33. The van der Waals surface area contributed by atoms with Crippen LogP contribution < -0.4 is 0 Å². The summed E-state index contributed by atoms with van der Waals surface area (Å²) in [6.07, 6.45) is 2.49. The molecule has 9 heavy (non-hydrogen) atoms. The molecule has 0 saturated carbocycles. The molecule has 0 amide bonds. The fourth-order valence-corrected chi connectivity index (χ4v) is 3.58. The van der Waals surface area contributed by atoms with Crippen molar-refractivity contribution < 1.29 is 0 Å². The van der Waals surface area contributed by atoms with Crippen LogP contribution in [-0.2, 0) is 0 Å². The first-order chi connectivity index (χ1) is 4.38. The third-order valence-corrected chi connectivity index (χ3v) is 4.33. The second kappa shape index (κ2) is 3.89. The highest BCUT2D eigenvalue weighted by Gasteiger charge is 2.26. The van der Waals surface area contributed by atoms with E-state index in [4.69, 9.17) is 0 Å². The highest BCUT2D eigenvalue weighted by molar-refractivity contribution is 7.68. The van der Waals surface area contributed by atoms with Crippen LogP contribution in [0.15, 0.2) is 0 Å². The maximum atomic E-state index is 2.33. The zero-order valence-corrected chi connectivity index (χ0v) is 7.67. The van der Waals surface area contributed by atoms with Crippen molar-refractivity contribution in [2.24, 2.45) is 0 Å². The summed E-state index contributed by atoms with van der Waals surface area (Å²) < 4.78 is 0. The minimum atomic E-state index is 1.24. The van der Waals surface area contributed by atoms with Gasteiger partial charge in [-0.25, -0.2) is 0 Å². The molecule has 2 heteroatoms. The van der Waals surface area contributed by atoms with Crippen LogP contribution in [0.3, 0.4) is 0 Å². The van der Waals surface area contributed by atoms with E-state index in [0.717, 1.165) is 0 Å². The van der Waals surface area contributed by atoms with Gasteiger partial charge in [-0.05, 0) is 12.8 Å². The second-order valence-electron chi connectivity index (χ2n) is 1.97. The van der Waals surface area contributed by atoms with E-state index in [2.05, 4.69) is 19.8 Å². The summed E-state index contributed by atoms with van der Waals surface area (Å²) in [4.78, 5) is 0. The lowest BCUT2D eigenvalue weighted by Gasteiger charge is -2.11. The van der Waals surface area contributed by atoms with Crippen LogP contribution >= 0.6 is 17.2 Å². The van der Waals surface area contributed by atoms with Gasteiger partial charge in [0.2, 0.25) is 0 Å². The van der Waals surface area contributed by atoms with Gasteiger partial charge in [-0.3, -0.25) is 0 Å². The molecular weight excluding hydrogens is 146 g/mol. The summed E-state index contributed by atoms with van der Waals surface area (Å²) in [6, 6.07) is 0. The molecule has 0 spiro atoms. The first kappa shape index (κ1) is 7.96.